The zero-order valence-corrected chi connectivity index (χ0v) is 11.2. The maximum absolute atomic E-state index is 5.71. The maximum atomic E-state index is 5.71. The van der Waals surface area contributed by atoms with Crippen molar-refractivity contribution in [2.24, 2.45) is 0 Å². The lowest BCUT2D eigenvalue weighted by Gasteiger charge is -2.24. The smallest absolute Gasteiger partial charge is 0.173 e. The minimum Gasteiger partial charge on any atom is -0.347 e. The largest absolute Gasteiger partial charge is 0.347 e. The van der Waals surface area contributed by atoms with Gasteiger partial charge >= 0.3 is 0 Å². The summed E-state index contributed by atoms with van der Waals surface area (Å²) in [5.74, 6) is 1.07. The molecule has 88 valence electrons. The molecule has 0 spiro atoms. The zero-order chi connectivity index (χ0) is 11.8. The van der Waals surface area contributed by atoms with Gasteiger partial charge in [0.05, 0.1) is 0 Å². The van der Waals surface area contributed by atoms with Crippen molar-refractivity contribution in [1.29, 1.82) is 0 Å². The summed E-state index contributed by atoms with van der Waals surface area (Å²) in [6, 6.07) is 9.80. The third-order valence-electron chi connectivity index (χ3n) is 2.02. The van der Waals surface area contributed by atoms with Crippen molar-refractivity contribution in [2.45, 2.75) is 0 Å². The van der Waals surface area contributed by atoms with Gasteiger partial charge in [-0.15, -0.1) is 23.2 Å². The Morgan fingerprint density at radius 2 is 1.69 bits per heavy atom. The summed E-state index contributed by atoms with van der Waals surface area (Å²) in [6.45, 7) is 1.40. The Morgan fingerprint density at radius 3 is 2.19 bits per heavy atom. The first-order valence-corrected chi connectivity index (χ1v) is 6.48. The van der Waals surface area contributed by atoms with Gasteiger partial charge in [0.25, 0.3) is 0 Å². The topological polar surface area (TPSA) is 15.3 Å². The highest BCUT2D eigenvalue weighted by Crippen LogP contribution is 2.07. The molecule has 1 aromatic rings. The molecule has 0 heterocycles. The number of halogens is 2. The third-order valence-corrected chi connectivity index (χ3v) is 2.72. The number of hydrogen-bond donors (Lipinski definition) is 1. The van der Waals surface area contributed by atoms with Crippen molar-refractivity contribution in [3.63, 3.8) is 0 Å². The molecule has 1 rings (SSSR count). The van der Waals surface area contributed by atoms with Crippen LogP contribution in [-0.4, -0.2) is 34.9 Å². The van der Waals surface area contributed by atoms with Gasteiger partial charge in [0.1, 0.15) is 0 Å². The van der Waals surface area contributed by atoms with Crippen LogP contribution < -0.4 is 5.32 Å². The average Bonchev–Trinajstić information content (AvgIpc) is 2.30. The molecule has 1 aromatic carbocycles. The predicted octanol–water partition coefficient (Wildman–Crippen LogP) is 3.16. The van der Waals surface area contributed by atoms with Gasteiger partial charge in [-0.25, -0.2) is 0 Å². The molecular weight excluding hydrogens is 263 g/mol. The summed E-state index contributed by atoms with van der Waals surface area (Å²) < 4.78 is 0. The van der Waals surface area contributed by atoms with Crippen molar-refractivity contribution in [2.75, 3.05) is 30.2 Å². The van der Waals surface area contributed by atoms with Gasteiger partial charge in [-0.2, -0.15) is 0 Å². The quantitative estimate of drug-likeness (QED) is 0.657. The Kier molecular flexibility index (Phi) is 6.53. The van der Waals surface area contributed by atoms with E-state index in [0.29, 0.717) is 30.0 Å². The molecule has 16 heavy (non-hydrogen) atoms. The standard InChI is InChI=1S/C11H14Cl2N2S/c12-6-8-15(9-7-13)11(16)14-10-4-2-1-3-5-10/h1-5H,6-9H2,(H,14,16). The fourth-order valence-corrected chi connectivity index (χ4v) is 1.95. The predicted molar refractivity (Wildman–Crippen MR) is 75.7 cm³/mol. The van der Waals surface area contributed by atoms with Crippen LogP contribution >= 0.6 is 35.4 Å². The first-order valence-electron chi connectivity index (χ1n) is 5.01. The van der Waals surface area contributed by atoms with Gasteiger partial charge in [0.15, 0.2) is 5.11 Å². The minimum absolute atomic E-state index is 0.535. The first kappa shape index (κ1) is 13.6. The van der Waals surface area contributed by atoms with Crippen molar-refractivity contribution >= 4 is 46.2 Å². The number of nitrogens with zero attached hydrogens (tertiary/aromatic N) is 1. The van der Waals surface area contributed by atoms with Crippen LogP contribution in [0.2, 0.25) is 0 Å². The highest BCUT2D eigenvalue weighted by atomic mass is 35.5. The Bertz CT molecular complexity index is 313. The van der Waals surface area contributed by atoms with Crippen LogP contribution in [0.25, 0.3) is 0 Å². The van der Waals surface area contributed by atoms with Gasteiger partial charge in [0.2, 0.25) is 0 Å². The third kappa shape index (κ3) is 4.56. The van der Waals surface area contributed by atoms with E-state index in [9.17, 15) is 0 Å². The monoisotopic (exact) mass is 276 g/mol. The van der Waals surface area contributed by atoms with Crippen LogP contribution in [0.4, 0.5) is 5.69 Å². The molecule has 0 atom stereocenters. The van der Waals surface area contributed by atoms with E-state index in [-0.39, 0.29) is 0 Å². The molecule has 0 aromatic heterocycles. The highest BCUT2D eigenvalue weighted by Gasteiger charge is 2.07. The molecule has 1 N–H and O–H groups in total. The average molecular weight is 277 g/mol. The van der Waals surface area contributed by atoms with E-state index in [4.69, 9.17) is 35.4 Å². The summed E-state index contributed by atoms with van der Waals surface area (Å²) in [6.07, 6.45) is 0. The van der Waals surface area contributed by atoms with Gasteiger partial charge in [-0.05, 0) is 24.4 Å². The van der Waals surface area contributed by atoms with E-state index in [1.165, 1.54) is 0 Å². The van der Waals surface area contributed by atoms with E-state index in [1.54, 1.807) is 0 Å². The fourth-order valence-electron chi connectivity index (χ4n) is 1.24. The van der Waals surface area contributed by atoms with Crippen molar-refractivity contribution < 1.29 is 0 Å². The second-order valence-electron chi connectivity index (χ2n) is 3.16. The second-order valence-corrected chi connectivity index (χ2v) is 4.30. The summed E-state index contributed by atoms with van der Waals surface area (Å²) in [7, 11) is 0. The van der Waals surface area contributed by atoms with E-state index in [0.717, 1.165) is 5.69 Å². The summed E-state index contributed by atoms with van der Waals surface area (Å²) in [5, 5.41) is 3.81. The summed E-state index contributed by atoms with van der Waals surface area (Å²) >= 11 is 16.7. The van der Waals surface area contributed by atoms with Crippen molar-refractivity contribution in [1.82, 2.24) is 4.90 Å². The molecule has 0 bridgehead atoms. The van der Waals surface area contributed by atoms with Crippen LogP contribution in [0.5, 0.6) is 0 Å². The number of benzene rings is 1. The van der Waals surface area contributed by atoms with E-state index in [2.05, 4.69) is 5.32 Å². The maximum Gasteiger partial charge on any atom is 0.173 e. The molecule has 0 aliphatic rings. The summed E-state index contributed by atoms with van der Waals surface area (Å²) in [4.78, 5) is 1.96. The van der Waals surface area contributed by atoms with Crippen molar-refractivity contribution in [3.8, 4) is 0 Å². The Balaban J connectivity index is 2.55. The van der Waals surface area contributed by atoms with Crippen LogP contribution in [0.1, 0.15) is 0 Å². The van der Waals surface area contributed by atoms with Gasteiger partial charge in [-0.3, -0.25) is 0 Å². The number of anilines is 1. The van der Waals surface area contributed by atoms with Gasteiger partial charge in [-0.1, -0.05) is 18.2 Å². The molecule has 0 amide bonds. The van der Waals surface area contributed by atoms with E-state index >= 15 is 0 Å². The number of rotatable bonds is 5. The number of nitrogens with one attached hydrogen (secondary N) is 1. The minimum atomic E-state index is 0.535. The molecule has 0 unspecified atom stereocenters. The van der Waals surface area contributed by atoms with E-state index < -0.39 is 0 Å². The number of alkyl halides is 2. The number of hydrogen-bond acceptors (Lipinski definition) is 1. The fraction of sp³-hybridized carbons (Fsp3) is 0.364. The normalized spacial score (nSPS) is 9.88. The highest BCUT2D eigenvalue weighted by molar-refractivity contribution is 7.80. The van der Waals surface area contributed by atoms with Crippen LogP contribution in [0.15, 0.2) is 30.3 Å². The summed E-state index contributed by atoms with van der Waals surface area (Å²) in [5.41, 5.74) is 0.974. The number of para-hydroxylation sites is 1. The van der Waals surface area contributed by atoms with Gasteiger partial charge in [0, 0.05) is 30.5 Å². The molecule has 0 aliphatic carbocycles. The lowest BCUT2D eigenvalue weighted by molar-refractivity contribution is 0.478. The van der Waals surface area contributed by atoms with Gasteiger partial charge < -0.3 is 10.2 Å². The lowest BCUT2D eigenvalue weighted by Crippen LogP contribution is -2.37. The molecule has 0 saturated carbocycles. The molecule has 0 aliphatic heterocycles. The van der Waals surface area contributed by atoms with Crippen LogP contribution in [0, 0.1) is 0 Å². The zero-order valence-electron chi connectivity index (χ0n) is 8.83. The Labute approximate surface area is 112 Å². The molecule has 5 heteroatoms. The van der Waals surface area contributed by atoms with Crippen LogP contribution in [0.3, 0.4) is 0 Å². The molecule has 0 fully saturated rings. The second kappa shape index (κ2) is 7.71. The van der Waals surface area contributed by atoms with E-state index in [1.807, 2.05) is 35.2 Å². The van der Waals surface area contributed by atoms with Crippen molar-refractivity contribution in [3.05, 3.63) is 30.3 Å². The van der Waals surface area contributed by atoms with Crippen LogP contribution in [-0.2, 0) is 0 Å². The lowest BCUT2D eigenvalue weighted by atomic mass is 10.3. The molecular formula is C11H14Cl2N2S. The first-order chi connectivity index (χ1) is 7.77. The Morgan fingerprint density at radius 1 is 1.12 bits per heavy atom. The SMILES string of the molecule is S=C(Nc1ccccc1)N(CCCl)CCCl. The molecule has 0 radical (unpaired) electrons. The Hall–Kier alpha value is -0.510. The molecule has 2 nitrogen and oxygen atoms in total. The number of thiocarbonyl (C=S) groups is 1. The molecule has 0 saturated heterocycles.